The summed E-state index contributed by atoms with van der Waals surface area (Å²) in [5.41, 5.74) is 4.53. The number of hydrogen-bond donors (Lipinski definition) is 2. The summed E-state index contributed by atoms with van der Waals surface area (Å²) in [6, 6.07) is 9.13. The Kier molecular flexibility index (Phi) is 4.90. The number of halogens is 2. The molecule has 0 aliphatic carbocycles. The van der Waals surface area contributed by atoms with E-state index < -0.39 is 0 Å². The molecule has 0 spiro atoms. The SMILES string of the molecule is O=C(N/N=C\c1csc(-c2ccc(Cl)cc2)n1)c1cc(Br)c[nH]1. The lowest BCUT2D eigenvalue weighted by molar-refractivity contribution is 0.0951. The van der Waals surface area contributed by atoms with Crippen LogP contribution in [0, 0.1) is 0 Å². The van der Waals surface area contributed by atoms with Crippen LogP contribution in [0.15, 0.2) is 51.5 Å². The van der Waals surface area contributed by atoms with Gasteiger partial charge in [-0.1, -0.05) is 23.7 Å². The minimum Gasteiger partial charge on any atom is -0.356 e. The Balaban J connectivity index is 1.64. The molecule has 0 radical (unpaired) electrons. The molecule has 0 bridgehead atoms. The van der Waals surface area contributed by atoms with Gasteiger partial charge in [-0.05, 0) is 34.1 Å². The smallest absolute Gasteiger partial charge is 0.287 e. The Labute approximate surface area is 149 Å². The molecule has 3 aromatic rings. The van der Waals surface area contributed by atoms with E-state index in [9.17, 15) is 4.79 Å². The summed E-state index contributed by atoms with van der Waals surface area (Å²) in [4.78, 5) is 19.1. The highest BCUT2D eigenvalue weighted by atomic mass is 79.9. The van der Waals surface area contributed by atoms with E-state index in [1.807, 2.05) is 29.6 Å². The molecule has 0 aliphatic heterocycles. The number of aromatic amines is 1. The third-order valence-corrected chi connectivity index (χ3v) is 4.49. The molecule has 0 unspecified atom stereocenters. The van der Waals surface area contributed by atoms with Crippen LogP contribution in [0.2, 0.25) is 5.02 Å². The fourth-order valence-electron chi connectivity index (χ4n) is 1.79. The van der Waals surface area contributed by atoms with E-state index in [0.717, 1.165) is 15.0 Å². The van der Waals surface area contributed by atoms with Gasteiger partial charge in [0.15, 0.2) is 0 Å². The van der Waals surface area contributed by atoms with E-state index in [4.69, 9.17) is 11.6 Å². The molecule has 1 amide bonds. The Morgan fingerprint density at radius 2 is 2.17 bits per heavy atom. The highest BCUT2D eigenvalue weighted by molar-refractivity contribution is 9.10. The van der Waals surface area contributed by atoms with Crippen molar-refractivity contribution < 1.29 is 4.79 Å². The zero-order chi connectivity index (χ0) is 16.2. The van der Waals surface area contributed by atoms with Gasteiger partial charge in [-0.3, -0.25) is 4.79 Å². The zero-order valence-corrected chi connectivity index (χ0v) is 14.7. The van der Waals surface area contributed by atoms with Crippen molar-refractivity contribution in [2.75, 3.05) is 0 Å². The van der Waals surface area contributed by atoms with E-state index >= 15 is 0 Å². The van der Waals surface area contributed by atoms with Crippen molar-refractivity contribution in [1.29, 1.82) is 0 Å². The molecular weight excluding hydrogens is 400 g/mol. The Bertz CT molecular complexity index is 857. The molecule has 0 saturated heterocycles. The van der Waals surface area contributed by atoms with Gasteiger partial charge in [0, 0.05) is 26.6 Å². The first-order valence-corrected chi connectivity index (χ1v) is 8.55. The molecule has 2 aromatic heterocycles. The molecule has 8 heteroatoms. The molecule has 2 heterocycles. The van der Waals surface area contributed by atoms with Gasteiger partial charge in [0.2, 0.25) is 0 Å². The lowest BCUT2D eigenvalue weighted by atomic mass is 10.2. The Morgan fingerprint density at radius 1 is 1.39 bits per heavy atom. The first-order chi connectivity index (χ1) is 11.1. The first kappa shape index (κ1) is 15.9. The molecule has 0 atom stereocenters. The molecule has 0 fully saturated rings. The minimum absolute atomic E-state index is 0.319. The highest BCUT2D eigenvalue weighted by Gasteiger charge is 2.06. The second-order valence-corrected chi connectivity index (χ2v) is 6.73. The number of nitrogens with zero attached hydrogens (tertiary/aromatic N) is 2. The van der Waals surface area contributed by atoms with Crippen molar-refractivity contribution in [3.05, 3.63) is 62.8 Å². The van der Waals surface area contributed by atoms with Crippen LogP contribution in [0.25, 0.3) is 10.6 Å². The lowest BCUT2D eigenvalue weighted by Crippen LogP contribution is -2.17. The molecular formula is C15H10BrClN4OS. The van der Waals surface area contributed by atoms with E-state index in [0.29, 0.717) is 16.4 Å². The second kappa shape index (κ2) is 7.08. The molecule has 23 heavy (non-hydrogen) atoms. The monoisotopic (exact) mass is 408 g/mol. The van der Waals surface area contributed by atoms with Gasteiger partial charge in [-0.15, -0.1) is 11.3 Å². The van der Waals surface area contributed by atoms with Crippen LogP contribution < -0.4 is 5.43 Å². The molecule has 116 valence electrons. The van der Waals surface area contributed by atoms with Crippen molar-refractivity contribution in [3.8, 4) is 10.6 Å². The molecule has 0 saturated carbocycles. The van der Waals surface area contributed by atoms with Crippen molar-refractivity contribution in [1.82, 2.24) is 15.4 Å². The van der Waals surface area contributed by atoms with Crippen LogP contribution in [-0.4, -0.2) is 22.1 Å². The Morgan fingerprint density at radius 3 is 2.87 bits per heavy atom. The van der Waals surface area contributed by atoms with Crippen molar-refractivity contribution >= 4 is 51.0 Å². The number of carbonyl (C=O) groups excluding carboxylic acids is 1. The molecule has 3 rings (SSSR count). The maximum atomic E-state index is 11.8. The van der Waals surface area contributed by atoms with E-state index in [-0.39, 0.29) is 5.91 Å². The fourth-order valence-corrected chi connectivity index (χ4v) is 3.03. The van der Waals surface area contributed by atoms with E-state index in [1.165, 1.54) is 17.6 Å². The molecule has 2 N–H and O–H groups in total. The van der Waals surface area contributed by atoms with E-state index in [2.05, 4.69) is 36.4 Å². The lowest BCUT2D eigenvalue weighted by Gasteiger charge is -1.96. The maximum Gasteiger partial charge on any atom is 0.287 e. The van der Waals surface area contributed by atoms with Crippen molar-refractivity contribution in [2.24, 2.45) is 5.10 Å². The first-order valence-electron chi connectivity index (χ1n) is 6.50. The van der Waals surface area contributed by atoms with Crippen LogP contribution in [0.4, 0.5) is 0 Å². The summed E-state index contributed by atoms with van der Waals surface area (Å²) in [6.07, 6.45) is 3.18. The van der Waals surface area contributed by atoms with Gasteiger partial charge >= 0.3 is 0 Å². The predicted octanol–water partition coefficient (Wildman–Crippen LogP) is 4.32. The number of H-pyrrole nitrogens is 1. The second-order valence-electron chi connectivity index (χ2n) is 4.52. The number of hydrazone groups is 1. The quantitative estimate of drug-likeness (QED) is 0.498. The number of hydrogen-bond acceptors (Lipinski definition) is 4. The standard InChI is InChI=1S/C15H10BrClN4OS/c16-10-5-13(18-6-10)14(22)21-19-7-12-8-23-15(20-12)9-1-3-11(17)4-2-9/h1-8,18H,(H,21,22)/b19-7-. The van der Waals surface area contributed by atoms with Gasteiger partial charge < -0.3 is 4.98 Å². The number of thiazole rings is 1. The van der Waals surface area contributed by atoms with E-state index in [1.54, 1.807) is 12.3 Å². The maximum absolute atomic E-state index is 11.8. The summed E-state index contributed by atoms with van der Waals surface area (Å²) >= 11 is 10.6. The number of benzene rings is 1. The summed E-state index contributed by atoms with van der Waals surface area (Å²) in [5.74, 6) is -0.319. The normalized spacial score (nSPS) is 11.0. The van der Waals surface area contributed by atoms with Crippen LogP contribution >= 0.6 is 38.9 Å². The van der Waals surface area contributed by atoms with Crippen LogP contribution in [0.3, 0.4) is 0 Å². The van der Waals surface area contributed by atoms with Crippen LogP contribution in [0.1, 0.15) is 16.2 Å². The average molecular weight is 410 g/mol. The topological polar surface area (TPSA) is 70.1 Å². The van der Waals surface area contributed by atoms with Crippen LogP contribution in [-0.2, 0) is 0 Å². The van der Waals surface area contributed by atoms with Crippen molar-refractivity contribution in [2.45, 2.75) is 0 Å². The third kappa shape index (κ3) is 4.07. The summed E-state index contributed by atoms with van der Waals surface area (Å²) in [7, 11) is 0. The number of carbonyl (C=O) groups is 1. The third-order valence-electron chi connectivity index (χ3n) is 2.87. The van der Waals surface area contributed by atoms with Gasteiger partial charge in [-0.2, -0.15) is 5.10 Å². The van der Waals surface area contributed by atoms with Gasteiger partial charge in [0.05, 0.1) is 11.9 Å². The number of rotatable bonds is 4. The molecule has 5 nitrogen and oxygen atoms in total. The van der Waals surface area contributed by atoms with Crippen LogP contribution in [0.5, 0.6) is 0 Å². The molecule has 1 aromatic carbocycles. The highest BCUT2D eigenvalue weighted by Crippen LogP contribution is 2.24. The Hall–Kier alpha value is -1.96. The minimum atomic E-state index is -0.319. The van der Waals surface area contributed by atoms with Gasteiger partial charge in [0.25, 0.3) is 5.91 Å². The summed E-state index contributed by atoms with van der Waals surface area (Å²) in [5, 5.41) is 7.33. The number of amides is 1. The summed E-state index contributed by atoms with van der Waals surface area (Å²) in [6.45, 7) is 0. The molecule has 0 aliphatic rings. The summed E-state index contributed by atoms with van der Waals surface area (Å²) < 4.78 is 0.804. The zero-order valence-electron chi connectivity index (χ0n) is 11.6. The number of nitrogens with one attached hydrogen (secondary N) is 2. The fraction of sp³-hybridized carbons (Fsp3) is 0. The predicted molar refractivity (Wildman–Crippen MR) is 96.1 cm³/mol. The largest absolute Gasteiger partial charge is 0.356 e. The van der Waals surface area contributed by atoms with Crippen molar-refractivity contribution in [3.63, 3.8) is 0 Å². The number of aromatic nitrogens is 2. The van der Waals surface area contributed by atoms with Gasteiger partial charge in [0.1, 0.15) is 10.7 Å². The average Bonchev–Trinajstić information content (AvgIpc) is 3.17. The van der Waals surface area contributed by atoms with Gasteiger partial charge in [-0.25, -0.2) is 10.4 Å².